The standard InChI is InChI=1S/C27H32N2O3/c1-6-28(7-2)16-17-29-23(18-12-14-19(15-13-18)27(3,4)5)22-24(30)20-10-8-9-11-21(20)32-25(22)26(29)31/h8-15,23H,6-7,16-17H2,1-5H3. The summed E-state index contributed by atoms with van der Waals surface area (Å²) in [6, 6.07) is 15.0. The minimum Gasteiger partial charge on any atom is -0.450 e. The van der Waals surface area contributed by atoms with E-state index in [1.54, 1.807) is 17.0 Å². The van der Waals surface area contributed by atoms with Crippen molar-refractivity contribution in [1.29, 1.82) is 0 Å². The Morgan fingerprint density at radius 3 is 2.25 bits per heavy atom. The third kappa shape index (κ3) is 3.86. The maximum atomic E-state index is 13.5. The van der Waals surface area contributed by atoms with Gasteiger partial charge in [0.05, 0.1) is 17.0 Å². The van der Waals surface area contributed by atoms with E-state index in [4.69, 9.17) is 4.42 Å². The minimum absolute atomic E-state index is 0.0274. The molecule has 32 heavy (non-hydrogen) atoms. The molecule has 1 aromatic heterocycles. The molecular formula is C27H32N2O3. The summed E-state index contributed by atoms with van der Waals surface area (Å²) < 4.78 is 6.01. The van der Waals surface area contributed by atoms with E-state index in [9.17, 15) is 9.59 Å². The highest BCUT2D eigenvalue weighted by molar-refractivity contribution is 5.99. The van der Waals surface area contributed by atoms with E-state index >= 15 is 0 Å². The first-order chi connectivity index (χ1) is 15.3. The zero-order valence-electron chi connectivity index (χ0n) is 19.6. The normalized spacial score (nSPS) is 16.2. The van der Waals surface area contributed by atoms with Gasteiger partial charge in [-0.2, -0.15) is 0 Å². The molecule has 2 heterocycles. The fourth-order valence-corrected chi connectivity index (χ4v) is 4.50. The lowest BCUT2D eigenvalue weighted by atomic mass is 9.86. The largest absolute Gasteiger partial charge is 0.450 e. The third-order valence-electron chi connectivity index (χ3n) is 6.52. The van der Waals surface area contributed by atoms with Crippen LogP contribution in [0.15, 0.2) is 57.7 Å². The second-order valence-corrected chi connectivity index (χ2v) is 9.47. The van der Waals surface area contributed by atoms with Crippen LogP contribution in [0.2, 0.25) is 0 Å². The molecule has 168 valence electrons. The Labute approximate surface area is 189 Å². The molecule has 5 nitrogen and oxygen atoms in total. The van der Waals surface area contributed by atoms with Crippen LogP contribution in [-0.2, 0) is 5.41 Å². The van der Waals surface area contributed by atoms with Gasteiger partial charge in [0.2, 0.25) is 5.76 Å². The van der Waals surface area contributed by atoms with Gasteiger partial charge in [-0.25, -0.2) is 0 Å². The Balaban J connectivity index is 1.84. The fourth-order valence-electron chi connectivity index (χ4n) is 4.50. The predicted octanol–water partition coefficient (Wildman–Crippen LogP) is 4.98. The molecule has 0 bridgehead atoms. The van der Waals surface area contributed by atoms with Gasteiger partial charge in [0, 0.05) is 13.1 Å². The van der Waals surface area contributed by atoms with Crippen molar-refractivity contribution in [2.24, 2.45) is 0 Å². The highest BCUT2D eigenvalue weighted by Crippen LogP contribution is 2.38. The SMILES string of the molecule is CCN(CC)CCN1C(=O)c2oc3ccccc3c(=O)c2C1c1ccc(C(C)(C)C)cc1. The van der Waals surface area contributed by atoms with Crippen molar-refractivity contribution in [1.82, 2.24) is 9.80 Å². The van der Waals surface area contributed by atoms with E-state index in [1.165, 1.54) is 5.56 Å². The first-order valence-corrected chi connectivity index (χ1v) is 11.5. The van der Waals surface area contributed by atoms with Gasteiger partial charge in [-0.15, -0.1) is 0 Å². The number of carbonyl (C=O) groups excluding carboxylic acids is 1. The van der Waals surface area contributed by atoms with E-state index in [-0.39, 0.29) is 22.5 Å². The second-order valence-electron chi connectivity index (χ2n) is 9.47. The molecule has 1 aliphatic heterocycles. The Bertz CT molecular complexity index is 1180. The van der Waals surface area contributed by atoms with E-state index in [2.05, 4.69) is 51.7 Å². The molecule has 1 aliphatic rings. The van der Waals surface area contributed by atoms with Crippen LogP contribution in [0.4, 0.5) is 0 Å². The lowest BCUT2D eigenvalue weighted by Crippen LogP contribution is -2.37. The smallest absolute Gasteiger partial charge is 0.290 e. The molecule has 0 N–H and O–H groups in total. The molecule has 3 aromatic rings. The maximum Gasteiger partial charge on any atom is 0.290 e. The molecule has 1 amide bonds. The van der Waals surface area contributed by atoms with Gasteiger partial charge < -0.3 is 14.2 Å². The molecular weight excluding hydrogens is 400 g/mol. The first kappa shape index (κ1) is 22.3. The number of amides is 1. The summed E-state index contributed by atoms with van der Waals surface area (Å²) in [5.74, 6) is -0.0296. The van der Waals surface area contributed by atoms with Gasteiger partial charge in [-0.05, 0) is 41.8 Å². The fraction of sp³-hybridized carbons (Fsp3) is 0.407. The Morgan fingerprint density at radius 2 is 1.62 bits per heavy atom. The van der Waals surface area contributed by atoms with Crippen LogP contribution in [0.25, 0.3) is 11.0 Å². The predicted molar refractivity (Wildman–Crippen MR) is 128 cm³/mol. The molecule has 1 unspecified atom stereocenters. The van der Waals surface area contributed by atoms with E-state index < -0.39 is 6.04 Å². The molecule has 0 saturated heterocycles. The lowest BCUT2D eigenvalue weighted by molar-refractivity contribution is 0.0708. The highest BCUT2D eigenvalue weighted by Gasteiger charge is 2.42. The Morgan fingerprint density at radius 1 is 0.969 bits per heavy atom. The van der Waals surface area contributed by atoms with Crippen LogP contribution in [0.3, 0.4) is 0 Å². The van der Waals surface area contributed by atoms with E-state index in [0.29, 0.717) is 23.1 Å². The topological polar surface area (TPSA) is 53.8 Å². The maximum absolute atomic E-state index is 13.5. The monoisotopic (exact) mass is 432 g/mol. The minimum atomic E-state index is -0.442. The molecule has 1 atom stereocenters. The van der Waals surface area contributed by atoms with E-state index in [0.717, 1.165) is 25.2 Å². The van der Waals surface area contributed by atoms with E-state index in [1.807, 2.05) is 24.3 Å². The Hall–Kier alpha value is -2.92. The quantitative estimate of drug-likeness (QED) is 0.551. The number of hydrogen-bond donors (Lipinski definition) is 0. The molecule has 0 aliphatic carbocycles. The molecule has 0 radical (unpaired) electrons. The number of fused-ring (bicyclic) bond motifs is 2. The van der Waals surface area contributed by atoms with Gasteiger partial charge in [0.1, 0.15) is 5.58 Å². The van der Waals surface area contributed by atoms with Crippen LogP contribution < -0.4 is 5.43 Å². The molecule has 2 aromatic carbocycles. The van der Waals surface area contributed by atoms with Crippen molar-refractivity contribution in [2.75, 3.05) is 26.2 Å². The molecule has 0 saturated carbocycles. The number of carbonyl (C=O) groups is 1. The van der Waals surface area contributed by atoms with Gasteiger partial charge in [0.25, 0.3) is 5.91 Å². The summed E-state index contributed by atoms with van der Waals surface area (Å²) in [7, 11) is 0. The van der Waals surface area contributed by atoms with Crippen LogP contribution in [-0.4, -0.2) is 41.9 Å². The summed E-state index contributed by atoms with van der Waals surface area (Å²) in [5.41, 5.74) is 2.97. The van der Waals surface area contributed by atoms with Crippen molar-refractivity contribution in [3.8, 4) is 0 Å². The molecule has 0 fully saturated rings. The summed E-state index contributed by atoms with van der Waals surface area (Å²) >= 11 is 0. The summed E-state index contributed by atoms with van der Waals surface area (Å²) in [4.78, 5) is 31.1. The first-order valence-electron chi connectivity index (χ1n) is 11.5. The zero-order chi connectivity index (χ0) is 23.0. The summed E-state index contributed by atoms with van der Waals surface area (Å²) in [6.45, 7) is 13.9. The van der Waals surface area contributed by atoms with Crippen molar-refractivity contribution in [2.45, 2.75) is 46.1 Å². The van der Waals surface area contributed by atoms with Gasteiger partial charge >= 0.3 is 0 Å². The Kier molecular flexibility index (Phi) is 5.95. The summed E-state index contributed by atoms with van der Waals surface area (Å²) in [5, 5.41) is 0.515. The third-order valence-corrected chi connectivity index (χ3v) is 6.52. The van der Waals surface area contributed by atoms with Crippen molar-refractivity contribution < 1.29 is 9.21 Å². The number of nitrogens with zero attached hydrogens (tertiary/aromatic N) is 2. The number of para-hydroxylation sites is 1. The lowest BCUT2D eigenvalue weighted by Gasteiger charge is -2.28. The number of benzene rings is 2. The number of rotatable bonds is 6. The average molecular weight is 433 g/mol. The van der Waals surface area contributed by atoms with Gasteiger partial charge in [-0.3, -0.25) is 9.59 Å². The van der Waals surface area contributed by atoms with Crippen LogP contribution in [0, 0.1) is 0 Å². The van der Waals surface area contributed by atoms with Crippen molar-refractivity contribution >= 4 is 16.9 Å². The van der Waals surface area contributed by atoms with Crippen LogP contribution >= 0.6 is 0 Å². The molecule has 5 heteroatoms. The van der Waals surface area contributed by atoms with Crippen molar-refractivity contribution in [3.05, 3.63) is 81.2 Å². The highest BCUT2D eigenvalue weighted by atomic mass is 16.3. The average Bonchev–Trinajstić information content (AvgIpc) is 3.06. The second kappa shape index (κ2) is 8.55. The molecule has 4 rings (SSSR count). The van der Waals surface area contributed by atoms with Crippen molar-refractivity contribution in [3.63, 3.8) is 0 Å². The molecule has 0 spiro atoms. The number of likely N-dealkylation sites (N-methyl/N-ethyl adjacent to an activating group) is 1. The van der Waals surface area contributed by atoms with Gasteiger partial charge in [-0.1, -0.05) is 71.0 Å². The van der Waals surface area contributed by atoms with Crippen LogP contribution in [0.1, 0.15) is 67.9 Å². The van der Waals surface area contributed by atoms with Gasteiger partial charge in [0.15, 0.2) is 5.43 Å². The summed E-state index contributed by atoms with van der Waals surface area (Å²) in [6.07, 6.45) is 0. The number of hydrogen-bond acceptors (Lipinski definition) is 4. The van der Waals surface area contributed by atoms with Crippen LogP contribution in [0.5, 0.6) is 0 Å². The zero-order valence-corrected chi connectivity index (χ0v) is 19.6.